The number of rotatable bonds is 3. The maximum Gasteiger partial charge on any atom is 0.141 e. The third-order valence-electron chi connectivity index (χ3n) is 4.37. The lowest BCUT2D eigenvalue weighted by Gasteiger charge is -2.22. The van der Waals surface area contributed by atoms with E-state index in [4.69, 9.17) is 9.97 Å². The Bertz CT molecular complexity index is 443. The molecule has 3 rings (SSSR count). The van der Waals surface area contributed by atoms with E-state index >= 15 is 0 Å². The van der Waals surface area contributed by atoms with E-state index in [1.807, 2.05) is 11.8 Å². The summed E-state index contributed by atoms with van der Waals surface area (Å²) in [7, 11) is 0. The second-order valence-electron chi connectivity index (χ2n) is 5.84. The Balaban J connectivity index is 1.84. The van der Waals surface area contributed by atoms with Crippen LogP contribution in [-0.2, 0) is 6.42 Å². The van der Waals surface area contributed by atoms with Crippen LogP contribution in [0.2, 0.25) is 0 Å². The SMILES string of the molecule is CCNC1CCCCc2nc(C3CCCCS3)ncc21. The Morgan fingerprint density at radius 2 is 2.15 bits per heavy atom. The standard InChI is InChI=1S/C16H25N3S/c1-2-17-13-7-3-4-8-14-12(13)11-18-16(19-14)15-9-5-6-10-20-15/h11,13,15,17H,2-10H2,1H3. The van der Waals surface area contributed by atoms with Gasteiger partial charge >= 0.3 is 0 Å². The van der Waals surface area contributed by atoms with E-state index in [9.17, 15) is 0 Å². The van der Waals surface area contributed by atoms with Gasteiger partial charge < -0.3 is 5.32 Å². The monoisotopic (exact) mass is 291 g/mol. The number of nitrogens with one attached hydrogen (secondary N) is 1. The van der Waals surface area contributed by atoms with Crippen molar-refractivity contribution >= 4 is 11.8 Å². The molecule has 1 aliphatic heterocycles. The van der Waals surface area contributed by atoms with Gasteiger partial charge in [0.1, 0.15) is 5.82 Å². The Morgan fingerprint density at radius 3 is 2.95 bits per heavy atom. The van der Waals surface area contributed by atoms with Crippen molar-refractivity contribution in [3.8, 4) is 0 Å². The second-order valence-corrected chi connectivity index (χ2v) is 7.15. The average Bonchev–Trinajstić information content (AvgIpc) is 2.71. The van der Waals surface area contributed by atoms with Gasteiger partial charge in [0.15, 0.2) is 0 Å². The fourth-order valence-electron chi connectivity index (χ4n) is 3.29. The van der Waals surface area contributed by atoms with Crippen LogP contribution in [0.5, 0.6) is 0 Å². The second kappa shape index (κ2) is 6.90. The average molecular weight is 291 g/mol. The molecule has 0 spiro atoms. The zero-order valence-electron chi connectivity index (χ0n) is 12.4. The molecule has 2 atom stereocenters. The normalized spacial score (nSPS) is 26.9. The summed E-state index contributed by atoms with van der Waals surface area (Å²) in [5.41, 5.74) is 2.67. The first-order chi connectivity index (χ1) is 9.88. The van der Waals surface area contributed by atoms with E-state index in [1.165, 1.54) is 55.5 Å². The van der Waals surface area contributed by atoms with E-state index < -0.39 is 0 Å². The van der Waals surface area contributed by atoms with Crippen LogP contribution < -0.4 is 5.32 Å². The molecule has 0 radical (unpaired) electrons. The summed E-state index contributed by atoms with van der Waals surface area (Å²) in [6, 6.07) is 0.463. The number of hydrogen-bond acceptors (Lipinski definition) is 4. The quantitative estimate of drug-likeness (QED) is 0.859. The van der Waals surface area contributed by atoms with E-state index in [0.717, 1.165) is 18.8 Å². The Kier molecular flexibility index (Phi) is 4.94. The maximum atomic E-state index is 4.96. The van der Waals surface area contributed by atoms with E-state index in [0.29, 0.717) is 11.3 Å². The molecule has 4 heteroatoms. The van der Waals surface area contributed by atoms with Crippen LogP contribution in [-0.4, -0.2) is 22.3 Å². The smallest absolute Gasteiger partial charge is 0.141 e. The van der Waals surface area contributed by atoms with E-state index in [1.54, 1.807) is 0 Å². The van der Waals surface area contributed by atoms with Gasteiger partial charge in [-0.3, -0.25) is 0 Å². The molecule has 1 aromatic heterocycles. The van der Waals surface area contributed by atoms with Crippen molar-refractivity contribution in [1.82, 2.24) is 15.3 Å². The summed E-state index contributed by atoms with van der Waals surface area (Å²) < 4.78 is 0. The first-order valence-corrected chi connectivity index (χ1v) is 9.14. The minimum atomic E-state index is 0.463. The highest BCUT2D eigenvalue weighted by atomic mass is 32.2. The molecule has 1 fully saturated rings. The van der Waals surface area contributed by atoms with E-state index in [-0.39, 0.29) is 0 Å². The van der Waals surface area contributed by atoms with Crippen molar-refractivity contribution in [2.45, 2.75) is 63.2 Å². The zero-order valence-corrected chi connectivity index (χ0v) is 13.2. The van der Waals surface area contributed by atoms with Gasteiger partial charge in [0.05, 0.1) is 5.25 Å². The number of hydrogen-bond donors (Lipinski definition) is 1. The van der Waals surface area contributed by atoms with Crippen LogP contribution >= 0.6 is 11.8 Å². The van der Waals surface area contributed by atoms with Gasteiger partial charge in [-0.25, -0.2) is 9.97 Å². The summed E-state index contributed by atoms with van der Waals surface area (Å²) in [6.45, 7) is 3.20. The molecule has 0 amide bonds. The molecule has 0 aromatic carbocycles. The molecule has 1 N–H and O–H groups in total. The molecule has 0 bridgehead atoms. The highest BCUT2D eigenvalue weighted by molar-refractivity contribution is 7.99. The van der Waals surface area contributed by atoms with Gasteiger partial charge in [0, 0.05) is 23.5 Å². The highest BCUT2D eigenvalue weighted by Crippen LogP contribution is 2.37. The predicted octanol–water partition coefficient (Wildman–Crippen LogP) is 3.81. The van der Waals surface area contributed by atoms with Crippen LogP contribution in [0.3, 0.4) is 0 Å². The van der Waals surface area contributed by atoms with Gasteiger partial charge in [-0.05, 0) is 44.4 Å². The highest BCUT2D eigenvalue weighted by Gasteiger charge is 2.23. The molecule has 1 saturated heterocycles. The van der Waals surface area contributed by atoms with Gasteiger partial charge in [0.25, 0.3) is 0 Å². The summed E-state index contributed by atoms with van der Waals surface area (Å²) in [5, 5.41) is 4.13. The van der Waals surface area contributed by atoms with Crippen molar-refractivity contribution in [1.29, 1.82) is 0 Å². The van der Waals surface area contributed by atoms with Crippen LogP contribution in [0.4, 0.5) is 0 Å². The molecular weight excluding hydrogens is 266 g/mol. The van der Waals surface area contributed by atoms with Crippen molar-refractivity contribution in [3.63, 3.8) is 0 Å². The summed E-state index contributed by atoms with van der Waals surface area (Å²) in [4.78, 5) is 9.68. The van der Waals surface area contributed by atoms with Crippen molar-refractivity contribution < 1.29 is 0 Å². The number of aromatic nitrogens is 2. The third kappa shape index (κ3) is 3.17. The Hall–Kier alpha value is -0.610. The van der Waals surface area contributed by atoms with Crippen LogP contribution in [0.25, 0.3) is 0 Å². The predicted molar refractivity (Wildman–Crippen MR) is 85.1 cm³/mol. The molecule has 110 valence electrons. The molecule has 2 unspecified atom stereocenters. The Morgan fingerprint density at radius 1 is 1.25 bits per heavy atom. The molecule has 2 heterocycles. The molecule has 3 nitrogen and oxygen atoms in total. The van der Waals surface area contributed by atoms with Gasteiger partial charge in [-0.1, -0.05) is 19.8 Å². The van der Waals surface area contributed by atoms with Crippen LogP contribution in [0.1, 0.15) is 73.8 Å². The summed E-state index contributed by atoms with van der Waals surface area (Å²) >= 11 is 2.04. The Labute approximate surface area is 126 Å². The first kappa shape index (κ1) is 14.3. The van der Waals surface area contributed by atoms with Gasteiger partial charge in [-0.15, -0.1) is 0 Å². The molecule has 1 aromatic rings. The topological polar surface area (TPSA) is 37.8 Å². The minimum Gasteiger partial charge on any atom is -0.310 e. The van der Waals surface area contributed by atoms with Crippen molar-refractivity contribution in [3.05, 3.63) is 23.3 Å². The van der Waals surface area contributed by atoms with Gasteiger partial charge in [-0.2, -0.15) is 11.8 Å². The molecule has 2 aliphatic rings. The number of fused-ring (bicyclic) bond motifs is 1. The summed E-state index contributed by atoms with van der Waals surface area (Å²) in [5.74, 6) is 2.36. The van der Waals surface area contributed by atoms with Crippen molar-refractivity contribution in [2.75, 3.05) is 12.3 Å². The number of thioether (sulfide) groups is 1. The van der Waals surface area contributed by atoms with Crippen molar-refractivity contribution in [2.24, 2.45) is 0 Å². The maximum absolute atomic E-state index is 4.96. The first-order valence-electron chi connectivity index (χ1n) is 8.09. The molecule has 20 heavy (non-hydrogen) atoms. The molecular formula is C16H25N3S. The fourth-order valence-corrected chi connectivity index (χ4v) is 4.54. The lowest BCUT2D eigenvalue weighted by atomic mass is 10.0. The zero-order chi connectivity index (χ0) is 13.8. The number of nitrogens with zero attached hydrogens (tertiary/aromatic N) is 2. The fraction of sp³-hybridized carbons (Fsp3) is 0.750. The van der Waals surface area contributed by atoms with Crippen LogP contribution in [0.15, 0.2) is 6.20 Å². The number of aryl methyl sites for hydroxylation is 1. The molecule has 1 aliphatic carbocycles. The largest absolute Gasteiger partial charge is 0.310 e. The van der Waals surface area contributed by atoms with Crippen LogP contribution in [0, 0.1) is 0 Å². The van der Waals surface area contributed by atoms with E-state index in [2.05, 4.69) is 18.4 Å². The lowest BCUT2D eigenvalue weighted by molar-refractivity contribution is 0.502. The summed E-state index contributed by atoms with van der Waals surface area (Å²) in [6.07, 6.45) is 11.0. The third-order valence-corrected chi connectivity index (χ3v) is 5.74. The minimum absolute atomic E-state index is 0.463. The molecule has 0 saturated carbocycles. The lowest BCUT2D eigenvalue weighted by Crippen LogP contribution is -2.22. The van der Waals surface area contributed by atoms with Gasteiger partial charge in [0.2, 0.25) is 0 Å².